The van der Waals surface area contributed by atoms with E-state index >= 15 is 0 Å². The molecule has 1 aliphatic rings. The third-order valence-electron chi connectivity index (χ3n) is 4.39. The quantitative estimate of drug-likeness (QED) is 0.888. The molecule has 0 saturated carbocycles. The standard InChI is InChI=1S/C18H24N2OS/c1-12(17(21)11-14-7-4-3-5-8-14)19-15-9-6-10-16-18(15)22-13(2)20-16/h3-5,7-8,12,15,17,19,21H,6,9-11H2,1-2H3. The van der Waals surface area contributed by atoms with E-state index in [0.717, 1.165) is 17.8 Å². The molecule has 0 fully saturated rings. The minimum Gasteiger partial charge on any atom is -0.391 e. The predicted octanol–water partition coefficient (Wildman–Crippen LogP) is 3.41. The number of nitrogens with zero attached hydrogens (tertiary/aromatic N) is 1. The molecule has 1 aliphatic carbocycles. The van der Waals surface area contributed by atoms with Crippen LogP contribution in [0, 0.1) is 6.92 Å². The molecule has 1 aromatic heterocycles. The maximum absolute atomic E-state index is 10.5. The van der Waals surface area contributed by atoms with Gasteiger partial charge in [0.1, 0.15) is 0 Å². The predicted molar refractivity (Wildman–Crippen MR) is 91.3 cm³/mol. The lowest BCUT2D eigenvalue weighted by molar-refractivity contribution is 0.126. The average molecular weight is 316 g/mol. The van der Waals surface area contributed by atoms with E-state index in [-0.39, 0.29) is 12.1 Å². The lowest BCUT2D eigenvalue weighted by Gasteiger charge is -2.28. The zero-order chi connectivity index (χ0) is 15.5. The topological polar surface area (TPSA) is 45.2 Å². The Balaban J connectivity index is 1.63. The van der Waals surface area contributed by atoms with Gasteiger partial charge in [-0.15, -0.1) is 11.3 Å². The van der Waals surface area contributed by atoms with Crippen LogP contribution in [0.2, 0.25) is 0 Å². The summed E-state index contributed by atoms with van der Waals surface area (Å²) in [5.74, 6) is 0. The molecule has 0 radical (unpaired) electrons. The fourth-order valence-electron chi connectivity index (χ4n) is 3.16. The Hall–Kier alpha value is -1.23. The van der Waals surface area contributed by atoms with Crippen molar-refractivity contribution in [3.8, 4) is 0 Å². The molecular formula is C18H24N2OS. The van der Waals surface area contributed by atoms with E-state index in [2.05, 4.69) is 36.3 Å². The van der Waals surface area contributed by atoms with Crippen LogP contribution in [-0.4, -0.2) is 22.2 Å². The van der Waals surface area contributed by atoms with Crippen LogP contribution in [-0.2, 0) is 12.8 Å². The Morgan fingerprint density at radius 3 is 2.91 bits per heavy atom. The van der Waals surface area contributed by atoms with Gasteiger partial charge < -0.3 is 10.4 Å². The number of aliphatic hydroxyl groups is 1. The Morgan fingerprint density at radius 1 is 1.36 bits per heavy atom. The number of hydrogen-bond acceptors (Lipinski definition) is 4. The number of benzene rings is 1. The van der Waals surface area contributed by atoms with Crippen LogP contribution < -0.4 is 5.32 Å². The van der Waals surface area contributed by atoms with Crippen LogP contribution in [0.1, 0.15) is 46.9 Å². The molecule has 4 heteroatoms. The molecule has 3 rings (SSSR count). The smallest absolute Gasteiger partial charge is 0.0900 e. The van der Waals surface area contributed by atoms with Crippen LogP contribution >= 0.6 is 11.3 Å². The van der Waals surface area contributed by atoms with Gasteiger partial charge in [0, 0.05) is 17.0 Å². The maximum Gasteiger partial charge on any atom is 0.0900 e. The second kappa shape index (κ2) is 6.90. The number of aryl methyl sites for hydroxylation is 2. The lowest BCUT2D eigenvalue weighted by atomic mass is 9.96. The van der Waals surface area contributed by atoms with E-state index < -0.39 is 0 Å². The highest BCUT2D eigenvalue weighted by Crippen LogP contribution is 2.34. The van der Waals surface area contributed by atoms with Gasteiger partial charge in [-0.1, -0.05) is 30.3 Å². The fourth-order valence-corrected chi connectivity index (χ4v) is 4.23. The number of thiazole rings is 1. The molecule has 2 aromatic rings. The first-order valence-electron chi connectivity index (χ1n) is 8.07. The molecular weight excluding hydrogens is 292 g/mol. The number of hydrogen-bond donors (Lipinski definition) is 2. The molecule has 0 saturated heterocycles. The van der Waals surface area contributed by atoms with Gasteiger partial charge in [0.2, 0.25) is 0 Å². The molecule has 3 atom stereocenters. The van der Waals surface area contributed by atoms with Gasteiger partial charge in [-0.05, 0) is 45.1 Å². The highest BCUT2D eigenvalue weighted by atomic mass is 32.1. The summed E-state index contributed by atoms with van der Waals surface area (Å²) in [6.07, 6.45) is 3.73. The number of aromatic nitrogens is 1. The number of rotatable bonds is 5. The van der Waals surface area contributed by atoms with E-state index in [9.17, 15) is 5.11 Å². The normalized spacial score (nSPS) is 20.4. The van der Waals surface area contributed by atoms with E-state index in [4.69, 9.17) is 0 Å². The van der Waals surface area contributed by atoms with Crippen LogP contribution in [0.25, 0.3) is 0 Å². The van der Waals surface area contributed by atoms with Crippen LogP contribution in [0.5, 0.6) is 0 Å². The molecule has 0 amide bonds. The maximum atomic E-state index is 10.5. The molecule has 22 heavy (non-hydrogen) atoms. The molecule has 0 spiro atoms. The van der Waals surface area contributed by atoms with Crippen molar-refractivity contribution in [2.45, 2.75) is 57.7 Å². The van der Waals surface area contributed by atoms with Gasteiger partial charge in [-0.25, -0.2) is 4.98 Å². The van der Waals surface area contributed by atoms with Crippen molar-refractivity contribution in [3.63, 3.8) is 0 Å². The second-order valence-corrected chi connectivity index (χ2v) is 7.44. The van der Waals surface area contributed by atoms with E-state index in [1.807, 2.05) is 18.2 Å². The van der Waals surface area contributed by atoms with Crippen molar-refractivity contribution in [2.75, 3.05) is 0 Å². The van der Waals surface area contributed by atoms with Crippen molar-refractivity contribution in [1.29, 1.82) is 0 Å². The van der Waals surface area contributed by atoms with Crippen molar-refractivity contribution in [3.05, 3.63) is 51.5 Å². The molecule has 118 valence electrons. The average Bonchev–Trinajstić information content (AvgIpc) is 2.89. The van der Waals surface area contributed by atoms with Crippen LogP contribution in [0.3, 0.4) is 0 Å². The van der Waals surface area contributed by atoms with Gasteiger partial charge in [0.15, 0.2) is 0 Å². The highest BCUT2D eigenvalue weighted by Gasteiger charge is 2.26. The summed E-state index contributed by atoms with van der Waals surface area (Å²) in [6.45, 7) is 4.16. The van der Waals surface area contributed by atoms with Gasteiger partial charge >= 0.3 is 0 Å². The first kappa shape index (κ1) is 15.7. The third-order valence-corrected chi connectivity index (χ3v) is 5.51. The SMILES string of the molecule is Cc1nc2c(s1)C(NC(C)C(O)Cc1ccccc1)CCC2. The number of fused-ring (bicyclic) bond motifs is 1. The van der Waals surface area contributed by atoms with Crippen molar-refractivity contribution in [2.24, 2.45) is 0 Å². The fraction of sp³-hybridized carbons (Fsp3) is 0.500. The first-order valence-corrected chi connectivity index (χ1v) is 8.89. The minimum atomic E-state index is -0.373. The summed E-state index contributed by atoms with van der Waals surface area (Å²) in [4.78, 5) is 6.01. The minimum absolute atomic E-state index is 0.0681. The number of nitrogens with one attached hydrogen (secondary N) is 1. The molecule has 3 nitrogen and oxygen atoms in total. The summed E-state index contributed by atoms with van der Waals surface area (Å²) in [7, 11) is 0. The van der Waals surface area contributed by atoms with Gasteiger partial charge in [0.05, 0.1) is 16.8 Å². The molecule has 1 heterocycles. The largest absolute Gasteiger partial charge is 0.391 e. The Labute approximate surface area is 136 Å². The van der Waals surface area contributed by atoms with Crippen molar-refractivity contribution < 1.29 is 5.11 Å². The second-order valence-electron chi connectivity index (χ2n) is 6.20. The zero-order valence-corrected chi connectivity index (χ0v) is 14.1. The summed E-state index contributed by atoms with van der Waals surface area (Å²) in [5, 5.41) is 15.3. The Kier molecular flexibility index (Phi) is 4.91. The van der Waals surface area contributed by atoms with Crippen LogP contribution in [0.4, 0.5) is 0 Å². The van der Waals surface area contributed by atoms with Crippen molar-refractivity contribution in [1.82, 2.24) is 10.3 Å². The molecule has 0 bridgehead atoms. The molecule has 0 aliphatic heterocycles. The van der Waals surface area contributed by atoms with Crippen LogP contribution in [0.15, 0.2) is 30.3 Å². The van der Waals surface area contributed by atoms with Gasteiger partial charge in [0.25, 0.3) is 0 Å². The summed E-state index contributed by atoms with van der Waals surface area (Å²) < 4.78 is 0. The number of aliphatic hydroxyl groups excluding tert-OH is 1. The van der Waals surface area contributed by atoms with E-state index in [1.165, 1.54) is 22.6 Å². The summed E-state index contributed by atoms with van der Waals surface area (Å²) >= 11 is 1.80. The monoisotopic (exact) mass is 316 g/mol. The Morgan fingerprint density at radius 2 is 2.14 bits per heavy atom. The molecule has 3 unspecified atom stereocenters. The molecule has 1 aromatic carbocycles. The van der Waals surface area contributed by atoms with Crippen molar-refractivity contribution >= 4 is 11.3 Å². The lowest BCUT2D eigenvalue weighted by Crippen LogP contribution is -2.41. The first-order chi connectivity index (χ1) is 10.6. The van der Waals surface area contributed by atoms with Gasteiger partial charge in [-0.2, -0.15) is 0 Å². The zero-order valence-electron chi connectivity index (χ0n) is 13.2. The third kappa shape index (κ3) is 3.57. The summed E-state index contributed by atoms with van der Waals surface area (Å²) in [5.41, 5.74) is 2.44. The summed E-state index contributed by atoms with van der Waals surface area (Å²) in [6, 6.07) is 10.6. The van der Waals surface area contributed by atoms with Gasteiger partial charge in [-0.3, -0.25) is 0 Å². The Bertz CT molecular complexity index is 611. The highest BCUT2D eigenvalue weighted by molar-refractivity contribution is 7.11. The molecule has 2 N–H and O–H groups in total. The van der Waals surface area contributed by atoms with E-state index in [0.29, 0.717) is 12.5 Å². The van der Waals surface area contributed by atoms with E-state index in [1.54, 1.807) is 11.3 Å².